The highest BCUT2D eigenvalue weighted by atomic mass is 32.1. The van der Waals surface area contributed by atoms with Gasteiger partial charge in [0.2, 0.25) is 5.91 Å². The second-order valence-electron chi connectivity index (χ2n) is 5.61. The molecule has 4 rings (SSSR count). The predicted molar refractivity (Wildman–Crippen MR) is 94.3 cm³/mol. The van der Waals surface area contributed by atoms with Crippen LogP contribution >= 0.6 is 22.7 Å². The molecule has 0 atom stereocenters. The number of thiophene rings is 1. The summed E-state index contributed by atoms with van der Waals surface area (Å²) >= 11 is 3.15. The first-order valence-corrected chi connectivity index (χ1v) is 9.26. The van der Waals surface area contributed by atoms with Gasteiger partial charge in [0.1, 0.15) is 0 Å². The quantitative estimate of drug-likeness (QED) is 0.780. The Bertz CT molecular complexity index is 787. The zero-order valence-corrected chi connectivity index (χ0v) is 14.1. The van der Waals surface area contributed by atoms with E-state index < -0.39 is 5.41 Å². The van der Waals surface area contributed by atoms with Crippen LogP contribution in [-0.4, -0.2) is 24.1 Å². The van der Waals surface area contributed by atoms with E-state index in [1.54, 1.807) is 11.3 Å². The molecule has 1 aromatic carbocycles. The Morgan fingerprint density at radius 2 is 2.00 bits per heavy atom. The molecule has 23 heavy (non-hydrogen) atoms. The Balaban J connectivity index is 1.65. The number of amides is 1. The van der Waals surface area contributed by atoms with Gasteiger partial charge in [-0.1, -0.05) is 29.5 Å². The molecule has 1 aliphatic rings. The summed E-state index contributed by atoms with van der Waals surface area (Å²) in [7, 11) is 0. The topological polar surface area (TPSA) is 51.2 Å². The van der Waals surface area contributed by atoms with Gasteiger partial charge in [-0.15, -0.1) is 11.3 Å². The minimum atomic E-state index is -0.496. The maximum Gasteiger partial charge on any atom is 0.237 e. The minimum absolute atomic E-state index is 0.0299. The zero-order valence-electron chi connectivity index (χ0n) is 12.5. The van der Waals surface area contributed by atoms with Crippen molar-refractivity contribution in [3.63, 3.8) is 0 Å². The van der Waals surface area contributed by atoms with E-state index in [9.17, 15) is 4.79 Å². The van der Waals surface area contributed by atoms with Gasteiger partial charge in [0, 0.05) is 18.1 Å². The van der Waals surface area contributed by atoms with Crippen LogP contribution in [0.3, 0.4) is 0 Å². The number of nitrogens with zero attached hydrogens (tertiary/aromatic N) is 1. The fourth-order valence-electron chi connectivity index (χ4n) is 3.00. The van der Waals surface area contributed by atoms with Gasteiger partial charge < -0.3 is 10.1 Å². The van der Waals surface area contributed by atoms with E-state index in [0.717, 1.165) is 15.1 Å². The maximum absolute atomic E-state index is 13.1. The molecular weight excluding hydrogens is 328 g/mol. The smallest absolute Gasteiger partial charge is 0.237 e. The number of anilines is 1. The number of para-hydroxylation sites is 1. The van der Waals surface area contributed by atoms with Crippen LogP contribution in [0.1, 0.15) is 17.7 Å². The highest BCUT2D eigenvalue weighted by molar-refractivity contribution is 7.22. The fraction of sp³-hybridized carbons (Fsp3) is 0.294. The highest BCUT2D eigenvalue weighted by Crippen LogP contribution is 2.39. The number of hydrogen-bond acceptors (Lipinski definition) is 5. The summed E-state index contributed by atoms with van der Waals surface area (Å²) in [6.45, 7) is 1.23. The molecule has 118 valence electrons. The molecule has 1 N–H and O–H groups in total. The number of rotatable bonds is 3. The number of nitrogens with one attached hydrogen (secondary N) is 1. The number of ether oxygens (including phenoxy) is 1. The van der Waals surface area contributed by atoms with E-state index in [0.29, 0.717) is 31.2 Å². The average Bonchev–Trinajstić information content (AvgIpc) is 3.24. The second-order valence-corrected chi connectivity index (χ2v) is 7.59. The minimum Gasteiger partial charge on any atom is -0.381 e. The highest BCUT2D eigenvalue weighted by Gasteiger charge is 2.42. The third-order valence-corrected chi connectivity index (χ3v) is 6.31. The Labute approximate surface area is 142 Å². The summed E-state index contributed by atoms with van der Waals surface area (Å²) in [6.07, 6.45) is 1.43. The summed E-state index contributed by atoms with van der Waals surface area (Å²) in [5, 5.41) is 5.74. The first-order chi connectivity index (χ1) is 11.3. The van der Waals surface area contributed by atoms with E-state index in [1.165, 1.54) is 11.3 Å². The van der Waals surface area contributed by atoms with Crippen molar-refractivity contribution in [1.29, 1.82) is 0 Å². The van der Waals surface area contributed by atoms with Crippen molar-refractivity contribution < 1.29 is 9.53 Å². The van der Waals surface area contributed by atoms with Gasteiger partial charge in [-0.3, -0.25) is 4.79 Å². The summed E-state index contributed by atoms with van der Waals surface area (Å²) in [4.78, 5) is 18.7. The molecule has 1 amide bonds. The number of benzene rings is 1. The summed E-state index contributed by atoms with van der Waals surface area (Å²) in [5.74, 6) is 0.0299. The fourth-order valence-corrected chi connectivity index (χ4v) is 4.84. The van der Waals surface area contributed by atoms with Crippen LogP contribution < -0.4 is 5.32 Å². The van der Waals surface area contributed by atoms with Crippen molar-refractivity contribution in [2.75, 3.05) is 18.5 Å². The number of carbonyl (C=O) groups is 1. The van der Waals surface area contributed by atoms with Crippen LogP contribution in [0.4, 0.5) is 5.13 Å². The molecule has 3 heterocycles. The Morgan fingerprint density at radius 3 is 2.74 bits per heavy atom. The molecule has 0 radical (unpaired) electrons. The van der Waals surface area contributed by atoms with Crippen molar-refractivity contribution in [3.8, 4) is 0 Å². The van der Waals surface area contributed by atoms with Crippen LogP contribution in [0.5, 0.6) is 0 Å². The molecule has 6 heteroatoms. The molecule has 1 aliphatic heterocycles. The van der Waals surface area contributed by atoms with Gasteiger partial charge in [-0.25, -0.2) is 4.98 Å². The summed E-state index contributed by atoms with van der Waals surface area (Å²) in [6, 6.07) is 12.0. The van der Waals surface area contributed by atoms with E-state index >= 15 is 0 Å². The van der Waals surface area contributed by atoms with Gasteiger partial charge in [-0.2, -0.15) is 0 Å². The molecule has 0 saturated carbocycles. The van der Waals surface area contributed by atoms with Gasteiger partial charge in [0.25, 0.3) is 0 Å². The van der Waals surface area contributed by atoms with E-state index in [-0.39, 0.29) is 5.91 Å². The summed E-state index contributed by atoms with van der Waals surface area (Å²) in [5.41, 5.74) is 0.425. The molecule has 2 aromatic heterocycles. The van der Waals surface area contributed by atoms with Crippen molar-refractivity contribution in [1.82, 2.24) is 4.98 Å². The molecule has 3 aromatic rings. The van der Waals surface area contributed by atoms with Gasteiger partial charge in [0.15, 0.2) is 5.13 Å². The monoisotopic (exact) mass is 344 g/mol. The SMILES string of the molecule is O=C(Nc1nc2ccccc2s1)C1(c2cccs2)CCOCC1. The largest absolute Gasteiger partial charge is 0.381 e. The summed E-state index contributed by atoms with van der Waals surface area (Å²) < 4.78 is 6.57. The Morgan fingerprint density at radius 1 is 1.17 bits per heavy atom. The number of fused-ring (bicyclic) bond motifs is 1. The molecule has 0 aliphatic carbocycles. The molecule has 0 unspecified atom stereocenters. The first-order valence-electron chi connectivity index (χ1n) is 7.57. The standard InChI is InChI=1S/C17H16N2O2S2/c20-15(19-16-18-12-4-1-2-5-13(12)23-16)17(7-9-21-10-8-17)14-6-3-11-22-14/h1-6,11H,7-10H2,(H,18,19,20). The van der Waals surface area contributed by atoms with Crippen molar-refractivity contribution >= 4 is 43.9 Å². The predicted octanol–water partition coefficient (Wildman–Crippen LogP) is 4.04. The molecule has 0 spiro atoms. The van der Waals surface area contributed by atoms with E-state index in [2.05, 4.69) is 10.3 Å². The van der Waals surface area contributed by atoms with Crippen LogP contribution in [-0.2, 0) is 14.9 Å². The van der Waals surface area contributed by atoms with Gasteiger partial charge >= 0.3 is 0 Å². The molecule has 1 fully saturated rings. The zero-order chi connectivity index (χ0) is 15.7. The number of carbonyl (C=O) groups excluding carboxylic acids is 1. The van der Waals surface area contributed by atoms with Crippen molar-refractivity contribution in [3.05, 3.63) is 46.7 Å². The van der Waals surface area contributed by atoms with Crippen LogP contribution in [0, 0.1) is 0 Å². The average molecular weight is 344 g/mol. The lowest BCUT2D eigenvalue weighted by Crippen LogP contribution is -2.44. The normalized spacial score (nSPS) is 17.2. The maximum atomic E-state index is 13.1. The van der Waals surface area contributed by atoms with Crippen LogP contribution in [0.2, 0.25) is 0 Å². The van der Waals surface area contributed by atoms with E-state index in [4.69, 9.17) is 4.74 Å². The lowest BCUT2D eigenvalue weighted by molar-refractivity contribution is -0.125. The molecule has 0 bridgehead atoms. The Kier molecular flexibility index (Phi) is 3.88. The van der Waals surface area contributed by atoms with Crippen LogP contribution in [0.15, 0.2) is 41.8 Å². The first kappa shape index (κ1) is 14.8. The van der Waals surface area contributed by atoms with Crippen LogP contribution in [0.25, 0.3) is 10.2 Å². The van der Waals surface area contributed by atoms with E-state index in [1.807, 2.05) is 41.8 Å². The number of thiazole rings is 1. The number of hydrogen-bond donors (Lipinski definition) is 1. The van der Waals surface area contributed by atoms with Crippen molar-refractivity contribution in [2.24, 2.45) is 0 Å². The van der Waals surface area contributed by atoms with Gasteiger partial charge in [-0.05, 0) is 36.4 Å². The lowest BCUT2D eigenvalue weighted by atomic mass is 9.78. The molecular formula is C17H16N2O2S2. The van der Waals surface area contributed by atoms with Crippen molar-refractivity contribution in [2.45, 2.75) is 18.3 Å². The number of aromatic nitrogens is 1. The Hall–Kier alpha value is -1.76. The molecule has 1 saturated heterocycles. The lowest BCUT2D eigenvalue weighted by Gasteiger charge is -2.34. The molecule has 4 nitrogen and oxygen atoms in total. The third-order valence-electron chi connectivity index (χ3n) is 4.29. The third kappa shape index (κ3) is 2.67. The van der Waals surface area contributed by atoms with Gasteiger partial charge in [0.05, 0.1) is 15.6 Å². The second kappa shape index (κ2) is 6.03.